The van der Waals surface area contributed by atoms with Crippen LogP contribution in [0.2, 0.25) is 0 Å². The highest BCUT2D eigenvalue weighted by molar-refractivity contribution is 5.85. The number of amides is 1. The number of aryl methyl sites for hydroxylation is 1. The van der Waals surface area contributed by atoms with E-state index in [2.05, 4.69) is 15.0 Å². The fraction of sp³-hybridized carbons (Fsp3) is 0.667. The zero-order valence-electron chi connectivity index (χ0n) is 12.1. The molecule has 104 valence electrons. The molecule has 1 aliphatic heterocycles. The van der Waals surface area contributed by atoms with Crippen LogP contribution >= 0.6 is 0 Å². The van der Waals surface area contributed by atoms with E-state index in [1.807, 2.05) is 44.8 Å². The molecule has 2 heterocycles. The largest absolute Gasteiger partial charge is 0.347 e. The summed E-state index contributed by atoms with van der Waals surface area (Å²) in [5.41, 5.74) is 0. The summed E-state index contributed by atoms with van der Waals surface area (Å²) in [4.78, 5) is 30.6. The molecule has 1 saturated heterocycles. The van der Waals surface area contributed by atoms with Crippen LogP contribution in [0.15, 0.2) is 0 Å². The first-order chi connectivity index (χ1) is 8.90. The Labute approximate surface area is 113 Å². The third-order valence-corrected chi connectivity index (χ3v) is 3.26. The molecular formula is C12H20N6O. The quantitative estimate of drug-likeness (QED) is 0.744. The molecule has 0 bridgehead atoms. The third-order valence-electron chi connectivity index (χ3n) is 3.26. The lowest BCUT2D eigenvalue weighted by Gasteiger charge is -2.37. The van der Waals surface area contributed by atoms with Gasteiger partial charge in [0.15, 0.2) is 0 Å². The summed E-state index contributed by atoms with van der Waals surface area (Å²) in [6.07, 6.45) is 0. The second-order valence-corrected chi connectivity index (χ2v) is 5.01. The van der Waals surface area contributed by atoms with Gasteiger partial charge >= 0.3 is 0 Å². The lowest BCUT2D eigenvalue weighted by molar-refractivity contribution is -0.132. The maximum absolute atomic E-state index is 12.0. The van der Waals surface area contributed by atoms with Crippen LogP contribution in [0.4, 0.5) is 11.9 Å². The van der Waals surface area contributed by atoms with Gasteiger partial charge in [0.05, 0.1) is 0 Å². The molecule has 1 aromatic heterocycles. The van der Waals surface area contributed by atoms with Gasteiger partial charge in [0.2, 0.25) is 17.8 Å². The molecule has 0 spiro atoms. The van der Waals surface area contributed by atoms with Crippen molar-refractivity contribution < 1.29 is 4.79 Å². The van der Waals surface area contributed by atoms with Crippen molar-refractivity contribution in [2.75, 3.05) is 44.0 Å². The minimum Gasteiger partial charge on any atom is -0.347 e. The van der Waals surface area contributed by atoms with Crippen LogP contribution in [-0.2, 0) is 4.79 Å². The van der Waals surface area contributed by atoms with Crippen LogP contribution in [0.1, 0.15) is 12.7 Å². The fourth-order valence-electron chi connectivity index (χ4n) is 2.07. The first-order valence-electron chi connectivity index (χ1n) is 6.31. The summed E-state index contributed by atoms with van der Waals surface area (Å²) in [5, 5.41) is 0. The average Bonchev–Trinajstić information content (AvgIpc) is 2.35. The van der Waals surface area contributed by atoms with Gasteiger partial charge in [-0.25, -0.2) is 0 Å². The molecule has 1 aromatic rings. The zero-order valence-corrected chi connectivity index (χ0v) is 12.1. The summed E-state index contributed by atoms with van der Waals surface area (Å²) in [7, 11) is 5.59. The second kappa shape index (κ2) is 4.99. The maximum Gasteiger partial charge on any atom is 0.244 e. The molecule has 19 heavy (non-hydrogen) atoms. The van der Waals surface area contributed by atoms with Crippen molar-refractivity contribution in [1.82, 2.24) is 19.9 Å². The molecule has 0 aliphatic carbocycles. The molecule has 1 atom stereocenters. The SMILES string of the molecule is Cc1nc(N(C)C)nc(N2CCN(C)C(=O)[C@H]2C)n1. The van der Waals surface area contributed by atoms with E-state index in [1.54, 1.807) is 4.90 Å². The van der Waals surface area contributed by atoms with Gasteiger partial charge in [0, 0.05) is 34.2 Å². The lowest BCUT2D eigenvalue weighted by atomic mass is 10.2. The predicted molar refractivity (Wildman–Crippen MR) is 73.3 cm³/mol. The molecule has 1 aliphatic rings. The number of carbonyl (C=O) groups excluding carboxylic acids is 1. The second-order valence-electron chi connectivity index (χ2n) is 5.01. The maximum atomic E-state index is 12.0. The van der Waals surface area contributed by atoms with Gasteiger partial charge in [-0.2, -0.15) is 15.0 Å². The number of carbonyl (C=O) groups is 1. The monoisotopic (exact) mass is 264 g/mol. The van der Waals surface area contributed by atoms with Gasteiger partial charge in [-0.15, -0.1) is 0 Å². The van der Waals surface area contributed by atoms with E-state index >= 15 is 0 Å². The summed E-state index contributed by atoms with van der Waals surface area (Å²) in [5.74, 6) is 1.94. The minimum absolute atomic E-state index is 0.0933. The van der Waals surface area contributed by atoms with E-state index in [4.69, 9.17) is 0 Å². The highest BCUT2D eigenvalue weighted by Gasteiger charge is 2.31. The van der Waals surface area contributed by atoms with Gasteiger partial charge < -0.3 is 14.7 Å². The molecular weight excluding hydrogens is 244 g/mol. The van der Waals surface area contributed by atoms with Crippen LogP contribution < -0.4 is 9.80 Å². The first-order valence-corrected chi connectivity index (χ1v) is 6.31. The van der Waals surface area contributed by atoms with Crippen molar-refractivity contribution in [2.45, 2.75) is 19.9 Å². The highest BCUT2D eigenvalue weighted by atomic mass is 16.2. The smallest absolute Gasteiger partial charge is 0.244 e. The Morgan fingerprint density at radius 3 is 2.53 bits per heavy atom. The Bertz CT molecular complexity index is 489. The molecule has 2 rings (SSSR count). The van der Waals surface area contributed by atoms with E-state index < -0.39 is 0 Å². The molecule has 0 radical (unpaired) electrons. The molecule has 7 heteroatoms. The summed E-state index contributed by atoms with van der Waals surface area (Å²) in [6, 6.07) is -0.240. The normalized spacial score (nSPS) is 19.8. The average molecular weight is 264 g/mol. The van der Waals surface area contributed by atoms with Crippen LogP contribution in [0.25, 0.3) is 0 Å². The van der Waals surface area contributed by atoms with Gasteiger partial charge in [0.25, 0.3) is 0 Å². The third kappa shape index (κ3) is 2.59. The number of hydrogen-bond acceptors (Lipinski definition) is 6. The van der Waals surface area contributed by atoms with Gasteiger partial charge in [-0.1, -0.05) is 0 Å². The number of piperazine rings is 1. The molecule has 1 fully saturated rings. The molecule has 1 amide bonds. The molecule has 0 unspecified atom stereocenters. The van der Waals surface area contributed by atoms with Crippen molar-refractivity contribution in [2.24, 2.45) is 0 Å². The summed E-state index contributed by atoms with van der Waals surface area (Å²) >= 11 is 0. The van der Waals surface area contributed by atoms with Crippen molar-refractivity contribution in [3.8, 4) is 0 Å². The molecule has 0 N–H and O–H groups in total. The summed E-state index contributed by atoms with van der Waals surface area (Å²) < 4.78 is 0. The zero-order chi connectivity index (χ0) is 14.2. The van der Waals surface area contributed by atoms with E-state index in [1.165, 1.54) is 0 Å². The Hall–Kier alpha value is -1.92. The van der Waals surface area contributed by atoms with Gasteiger partial charge in [-0.05, 0) is 13.8 Å². The van der Waals surface area contributed by atoms with E-state index in [-0.39, 0.29) is 11.9 Å². The molecule has 7 nitrogen and oxygen atoms in total. The standard InChI is InChI=1S/C12H20N6O/c1-8-10(19)17(5)6-7-18(8)12-14-9(2)13-11(15-12)16(3)4/h8H,6-7H2,1-5H3/t8-/m1/s1. The Morgan fingerprint density at radius 2 is 1.89 bits per heavy atom. The van der Waals surface area contributed by atoms with Crippen molar-refractivity contribution in [1.29, 1.82) is 0 Å². The van der Waals surface area contributed by atoms with Crippen LogP contribution in [0, 0.1) is 6.92 Å². The lowest BCUT2D eigenvalue weighted by Crippen LogP contribution is -2.55. The Balaban J connectivity index is 2.33. The number of rotatable bonds is 2. The highest BCUT2D eigenvalue weighted by Crippen LogP contribution is 2.18. The first kappa shape index (κ1) is 13.5. The number of nitrogens with zero attached hydrogens (tertiary/aromatic N) is 6. The molecule has 0 saturated carbocycles. The van der Waals surface area contributed by atoms with Crippen molar-refractivity contribution in [3.05, 3.63) is 5.82 Å². The van der Waals surface area contributed by atoms with Crippen LogP contribution in [-0.4, -0.2) is 66.0 Å². The fourth-order valence-corrected chi connectivity index (χ4v) is 2.07. The Kier molecular flexibility index (Phi) is 3.55. The number of hydrogen-bond donors (Lipinski definition) is 0. The minimum atomic E-state index is -0.240. The summed E-state index contributed by atoms with van der Waals surface area (Å²) in [6.45, 7) is 5.14. The Morgan fingerprint density at radius 1 is 1.21 bits per heavy atom. The molecule has 0 aromatic carbocycles. The number of anilines is 2. The van der Waals surface area contributed by atoms with Crippen molar-refractivity contribution >= 4 is 17.8 Å². The van der Waals surface area contributed by atoms with Gasteiger partial charge in [0.1, 0.15) is 11.9 Å². The van der Waals surface area contributed by atoms with Crippen molar-refractivity contribution in [3.63, 3.8) is 0 Å². The topological polar surface area (TPSA) is 65.5 Å². The number of aromatic nitrogens is 3. The van der Waals surface area contributed by atoms with E-state index in [9.17, 15) is 4.79 Å². The van der Waals surface area contributed by atoms with Gasteiger partial charge in [-0.3, -0.25) is 4.79 Å². The van der Waals surface area contributed by atoms with Crippen LogP contribution in [0.5, 0.6) is 0 Å². The predicted octanol–water partition coefficient (Wildman–Crippen LogP) is -0.0871. The van der Waals surface area contributed by atoms with E-state index in [0.29, 0.717) is 24.3 Å². The number of likely N-dealkylation sites (N-methyl/N-ethyl adjacent to an activating group) is 1. The van der Waals surface area contributed by atoms with E-state index in [0.717, 1.165) is 6.54 Å². The van der Waals surface area contributed by atoms with Crippen LogP contribution in [0.3, 0.4) is 0 Å².